The van der Waals surface area contributed by atoms with Gasteiger partial charge in [0, 0.05) is 43.9 Å². The van der Waals surface area contributed by atoms with Crippen molar-refractivity contribution in [2.45, 2.75) is 71.6 Å². The molecule has 1 saturated heterocycles. The highest BCUT2D eigenvalue weighted by Crippen LogP contribution is 2.39. The fraction of sp³-hybridized carbons (Fsp3) is 0.375. The molecule has 1 aromatic heterocycles. The Labute approximate surface area is 252 Å². The second-order valence-corrected chi connectivity index (χ2v) is 11.4. The van der Waals surface area contributed by atoms with E-state index in [-0.39, 0.29) is 12.4 Å². The highest BCUT2D eigenvalue weighted by atomic mass is 32.1. The van der Waals surface area contributed by atoms with Crippen molar-refractivity contribution in [3.63, 3.8) is 0 Å². The second kappa shape index (κ2) is 13.9. The van der Waals surface area contributed by atoms with E-state index < -0.39 is 54.4 Å². The first kappa shape index (κ1) is 31.8. The molecule has 4 rings (SSSR count). The van der Waals surface area contributed by atoms with Crippen molar-refractivity contribution in [1.29, 1.82) is 0 Å². The number of rotatable bonds is 9. The van der Waals surface area contributed by atoms with Crippen LogP contribution >= 0.6 is 11.3 Å². The van der Waals surface area contributed by atoms with Crippen LogP contribution in [0.5, 0.6) is 0 Å². The average molecular weight is 613 g/mol. The van der Waals surface area contributed by atoms with Crippen LogP contribution in [0.15, 0.2) is 54.6 Å². The van der Waals surface area contributed by atoms with Crippen molar-refractivity contribution in [1.82, 2.24) is 0 Å². The molecule has 0 N–H and O–H groups in total. The van der Waals surface area contributed by atoms with Gasteiger partial charge in [-0.05, 0) is 53.4 Å². The van der Waals surface area contributed by atoms with Gasteiger partial charge in [-0.2, -0.15) is 0 Å². The molecule has 0 radical (unpaired) electrons. The molecular weight excluding hydrogens is 579 g/mol. The molecule has 5 atom stereocenters. The van der Waals surface area contributed by atoms with E-state index in [0.717, 1.165) is 26.4 Å². The summed E-state index contributed by atoms with van der Waals surface area (Å²) in [4.78, 5) is 50.1. The Bertz CT molecular complexity index is 1480. The predicted octanol–water partition coefficient (Wildman–Crippen LogP) is 5.25. The number of halogens is 1. The van der Waals surface area contributed by atoms with E-state index in [0.29, 0.717) is 12.0 Å². The molecule has 1 aliphatic rings. The van der Waals surface area contributed by atoms with Crippen molar-refractivity contribution in [2.24, 2.45) is 0 Å². The van der Waals surface area contributed by atoms with Crippen LogP contribution in [0.4, 0.5) is 4.39 Å². The molecule has 11 heteroatoms. The Morgan fingerprint density at radius 1 is 0.791 bits per heavy atom. The molecule has 1 fully saturated rings. The Morgan fingerprint density at radius 3 is 2.05 bits per heavy atom. The number of carbonyl (C=O) groups is 4. The van der Waals surface area contributed by atoms with Crippen LogP contribution in [0, 0.1) is 12.7 Å². The van der Waals surface area contributed by atoms with Gasteiger partial charge in [-0.3, -0.25) is 19.2 Å². The van der Waals surface area contributed by atoms with E-state index >= 15 is 0 Å². The largest absolute Gasteiger partial charge is 0.463 e. The summed E-state index contributed by atoms with van der Waals surface area (Å²) in [5.41, 5.74) is 3.51. The Balaban J connectivity index is 1.70. The quantitative estimate of drug-likeness (QED) is 0.236. The summed E-state index contributed by atoms with van der Waals surface area (Å²) in [7, 11) is 0. The Kier molecular flexibility index (Phi) is 10.3. The van der Waals surface area contributed by atoms with Gasteiger partial charge in [-0.1, -0.05) is 30.3 Å². The summed E-state index contributed by atoms with van der Waals surface area (Å²) in [6.07, 6.45) is -5.06. The van der Waals surface area contributed by atoms with Crippen molar-refractivity contribution < 1.29 is 47.3 Å². The van der Waals surface area contributed by atoms with Gasteiger partial charge in [0.15, 0.2) is 18.3 Å². The lowest BCUT2D eigenvalue weighted by atomic mass is 9.88. The minimum Gasteiger partial charge on any atom is -0.463 e. The summed E-state index contributed by atoms with van der Waals surface area (Å²) in [5, 5.41) is 0. The molecule has 5 unspecified atom stereocenters. The standard InChI is InChI=1S/C32H33FO9S/c1-17-6-7-23(14-24(17)15-26-12-13-28(43-26)22-8-10-25(33)11-9-22)29-31(40-20(4)36)32(41-21(5)37)30(39-19(3)35)27(42-29)16-38-18(2)34/h6-14,27,29-32H,15-16H2,1-5H3. The second-order valence-electron chi connectivity index (χ2n) is 10.3. The van der Waals surface area contributed by atoms with Gasteiger partial charge in [0.25, 0.3) is 0 Å². The van der Waals surface area contributed by atoms with E-state index in [1.807, 2.05) is 37.3 Å². The molecule has 3 aromatic rings. The van der Waals surface area contributed by atoms with Crippen molar-refractivity contribution in [2.75, 3.05) is 6.61 Å². The third-order valence-corrected chi connectivity index (χ3v) is 7.98. The predicted molar refractivity (Wildman–Crippen MR) is 155 cm³/mol. The molecule has 0 amide bonds. The molecule has 0 saturated carbocycles. The third-order valence-electron chi connectivity index (χ3n) is 6.85. The number of thiophene rings is 1. The lowest BCUT2D eigenvalue weighted by Crippen LogP contribution is -2.59. The van der Waals surface area contributed by atoms with Crippen LogP contribution < -0.4 is 0 Å². The topological polar surface area (TPSA) is 114 Å². The van der Waals surface area contributed by atoms with Crippen LogP contribution in [-0.4, -0.2) is 54.9 Å². The molecule has 0 bridgehead atoms. The van der Waals surface area contributed by atoms with Gasteiger partial charge in [0.1, 0.15) is 24.6 Å². The molecule has 0 aliphatic carbocycles. The summed E-state index contributed by atoms with van der Waals surface area (Å²) in [6, 6.07) is 16.0. The number of carbonyl (C=O) groups excluding carboxylic acids is 4. The van der Waals surface area contributed by atoms with Crippen LogP contribution in [0.2, 0.25) is 0 Å². The molecule has 1 aliphatic heterocycles. The lowest BCUT2D eigenvalue weighted by Gasteiger charge is -2.44. The van der Waals surface area contributed by atoms with Crippen LogP contribution in [0.1, 0.15) is 55.4 Å². The number of ether oxygens (including phenoxy) is 5. The van der Waals surface area contributed by atoms with Gasteiger partial charge in [0.05, 0.1) is 0 Å². The summed E-state index contributed by atoms with van der Waals surface area (Å²) in [5.74, 6) is -2.91. The maximum Gasteiger partial charge on any atom is 0.303 e. The van der Waals surface area contributed by atoms with Gasteiger partial charge >= 0.3 is 23.9 Å². The Hall–Kier alpha value is -4.09. The molecule has 2 aromatic carbocycles. The van der Waals surface area contributed by atoms with Crippen molar-refractivity contribution >= 4 is 35.2 Å². The highest BCUT2D eigenvalue weighted by molar-refractivity contribution is 7.15. The number of aryl methyl sites for hydroxylation is 1. The van der Waals surface area contributed by atoms with Crippen LogP contribution in [0.3, 0.4) is 0 Å². The molecule has 2 heterocycles. The zero-order valence-electron chi connectivity index (χ0n) is 24.5. The smallest absolute Gasteiger partial charge is 0.303 e. The van der Waals surface area contributed by atoms with E-state index in [4.69, 9.17) is 23.7 Å². The fourth-order valence-corrected chi connectivity index (χ4v) is 6.02. The molecular formula is C32H33FO9S. The first-order valence-electron chi connectivity index (χ1n) is 13.7. The van der Waals surface area contributed by atoms with Gasteiger partial charge < -0.3 is 23.7 Å². The lowest BCUT2D eigenvalue weighted by molar-refractivity contribution is -0.254. The maximum atomic E-state index is 13.4. The number of esters is 4. The average Bonchev–Trinajstić information content (AvgIpc) is 3.39. The molecule has 228 valence electrons. The summed E-state index contributed by atoms with van der Waals surface area (Å²) in [6.45, 7) is 6.48. The van der Waals surface area contributed by atoms with Gasteiger partial charge in [-0.25, -0.2) is 4.39 Å². The normalized spacial score (nSPS) is 21.5. The minimum absolute atomic E-state index is 0.296. The summed E-state index contributed by atoms with van der Waals surface area (Å²) >= 11 is 1.59. The van der Waals surface area contributed by atoms with Gasteiger partial charge in [-0.15, -0.1) is 11.3 Å². The number of hydrogen-bond acceptors (Lipinski definition) is 10. The number of benzene rings is 2. The highest BCUT2D eigenvalue weighted by Gasteiger charge is 2.52. The minimum atomic E-state index is -1.25. The zero-order chi connectivity index (χ0) is 31.3. The molecule has 43 heavy (non-hydrogen) atoms. The van der Waals surface area contributed by atoms with Crippen LogP contribution in [0.25, 0.3) is 10.4 Å². The van der Waals surface area contributed by atoms with Crippen molar-refractivity contribution in [3.05, 3.63) is 82.0 Å². The summed E-state index contributed by atoms with van der Waals surface area (Å²) < 4.78 is 41.6. The Morgan fingerprint density at radius 2 is 1.42 bits per heavy atom. The van der Waals surface area contributed by atoms with E-state index in [1.54, 1.807) is 23.5 Å². The van der Waals surface area contributed by atoms with Gasteiger partial charge in [0.2, 0.25) is 0 Å². The third kappa shape index (κ3) is 8.26. The van der Waals surface area contributed by atoms with E-state index in [9.17, 15) is 23.6 Å². The van der Waals surface area contributed by atoms with Crippen LogP contribution in [-0.2, 0) is 49.3 Å². The van der Waals surface area contributed by atoms with Crippen molar-refractivity contribution in [3.8, 4) is 10.4 Å². The van der Waals surface area contributed by atoms with E-state index in [2.05, 4.69) is 0 Å². The maximum absolute atomic E-state index is 13.4. The first-order valence-corrected chi connectivity index (χ1v) is 14.5. The SMILES string of the molecule is CC(=O)OCC1OC(c2ccc(C)c(Cc3ccc(-c4ccc(F)cc4)s3)c2)C(OC(C)=O)C(OC(C)=O)C1OC(C)=O. The molecule has 0 spiro atoms. The monoisotopic (exact) mass is 612 g/mol. The number of hydrogen-bond donors (Lipinski definition) is 0. The fourth-order valence-electron chi connectivity index (χ4n) is 4.99. The van der Waals surface area contributed by atoms with E-state index in [1.165, 1.54) is 39.8 Å². The first-order chi connectivity index (χ1) is 20.4. The molecule has 9 nitrogen and oxygen atoms in total. The zero-order valence-corrected chi connectivity index (χ0v) is 25.3.